The summed E-state index contributed by atoms with van der Waals surface area (Å²) in [6, 6.07) is 0. The molecule has 1 saturated heterocycles. The molecule has 1 aliphatic heterocycles. The van der Waals surface area contributed by atoms with Crippen molar-refractivity contribution in [2.24, 2.45) is 0 Å². The van der Waals surface area contributed by atoms with Crippen LogP contribution in [0.15, 0.2) is 0 Å². The Morgan fingerprint density at radius 3 is 2.70 bits per heavy atom. The standard InChI is InChI=1S/C8H17NO/c1-9(2)7-8-5-3-4-6-10-8/h8H,3-7H2,1-2H3/t8-/m1/s1. The van der Waals surface area contributed by atoms with Gasteiger partial charge in [0.25, 0.3) is 0 Å². The third-order valence-corrected chi connectivity index (χ3v) is 1.84. The van der Waals surface area contributed by atoms with E-state index in [1.807, 2.05) is 0 Å². The quantitative estimate of drug-likeness (QED) is 0.574. The van der Waals surface area contributed by atoms with Crippen LogP contribution in [0, 0.1) is 0 Å². The Morgan fingerprint density at radius 1 is 1.40 bits per heavy atom. The van der Waals surface area contributed by atoms with Crippen molar-refractivity contribution in [2.45, 2.75) is 25.4 Å². The Kier molecular flexibility index (Phi) is 3.16. The zero-order valence-corrected chi connectivity index (χ0v) is 6.97. The Morgan fingerprint density at radius 2 is 2.20 bits per heavy atom. The number of hydrogen-bond acceptors (Lipinski definition) is 2. The van der Waals surface area contributed by atoms with E-state index in [4.69, 9.17) is 4.74 Å². The average molecular weight is 143 g/mol. The van der Waals surface area contributed by atoms with Gasteiger partial charge in [0.15, 0.2) is 0 Å². The lowest BCUT2D eigenvalue weighted by atomic mass is 10.1. The topological polar surface area (TPSA) is 12.5 Å². The summed E-state index contributed by atoms with van der Waals surface area (Å²) in [4.78, 5) is 2.19. The van der Waals surface area contributed by atoms with Crippen LogP contribution in [0.3, 0.4) is 0 Å². The van der Waals surface area contributed by atoms with Gasteiger partial charge in [0.2, 0.25) is 0 Å². The summed E-state index contributed by atoms with van der Waals surface area (Å²) in [6.45, 7) is 2.05. The zero-order chi connectivity index (χ0) is 7.40. The molecular formula is C8H17NO. The first-order valence-corrected chi connectivity index (χ1v) is 4.05. The molecule has 1 atom stereocenters. The molecule has 10 heavy (non-hydrogen) atoms. The van der Waals surface area contributed by atoms with Gasteiger partial charge in [-0.2, -0.15) is 0 Å². The van der Waals surface area contributed by atoms with E-state index in [1.165, 1.54) is 19.3 Å². The Bertz CT molecular complexity index is 87.3. The highest BCUT2D eigenvalue weighted by atomic mass is 16.5. The normalized spacial score (nSPS) is 27.3. The molecule has 1 heterocycles. The molecule has 0 aliphatic carbocycles. The lowest BCUT2D eigenvalue weighted by Gasteiger charge is -2.25. The molecule has 0 aromatic heterocycles. The highest BCUT2D eigenvalue weighted by Crippen LogP contribution is 2.12. The lowest BCUT2D eigenvalue weighted by Crippen LogP contribution is -2.30. The van der Waals surface area contributed by atoms with Crippen LogP contribution >= 0.6 is 0 Å². The van der Waals surface area contributed by atoms with Gasteiger partial charge in [-0.25, -0.2) is 0 Å². The van der Waals surface area contributed by atoms with E-state index in [0.29, 0.717) is 6.10 Å². The maximum Gasteiger partial charge on any atom is 0.0701 e. The minimum atomic E-state index is 0.503. The van der Waals surface area contributed by atoms with E-state index in [9.17, 15) is 0 Å². The average Bonchev–Trinajstić information content (AvgIpc) is 1.88. The Labute approximate surface area is 63.2 Å². The lowest BCUT2D eigenvalue weighted by molar-refractivity contribution is 0.00219. The second-order valence-corrected chi connectivity index (χ2v) is 3.25. The van der Waals surface area contributed by atoms with Crippen molar-refractivity contribution in [1.29, 1.82) is 0 Å². The summed E-state index contributed by atoms with van der Waals surface area (Å²) in [5, 5.41) is 0. The van der Waals surface area contributed by atoms with Gasteiger partial charge in [-0.1, -0.05) is 0 Å². The van der Waals surface area contributed by atoms with Gasteiger partial charge in [0, 0.05) is 13.2 Å². The smallest absolute Gasteiger partial charge is 0.0701 e. The molecule has 0 aromatic rings. The van der Waals surface area contributed by atoms with Crippen LogP contribution < -0.4 is 0 Å². The summed E-state index contributed by atoms with van der Waals surface area (Å²) in [6.07, 6.45) is 4.35. The van der Waals surface area contributed by atoms with Gasteiger partial charge < -0.3 is 9.64 Å². The summed E-state index contributed by atoms with van der Waals surface area (Å²) < 4.78 is 5.55. The minimum absolute atomic E-state index is 0.503. The molecule has 0 unspecified atom stereocenters. The summed E-state index contributed by atoms with van der Waals surface area (Å²) >= 11 is 0. The molecule has 0 spiro atoms. The van der Waals surface area contributed by atoms with Crippen molar-refractivity contribution in [3.63, 3.8) is 0 Å². The van der Waals surface area contributed by atoms with E-state index in [0.717, 1.165) is 13.2 Å². The molecule has 0 bridgehead atoms. The van der Waals surface area contributed by atoms with Crippen LogP contribution in [0.25, 0.3) is 0 Å². The van der Waals surface area contributed by atoms with Gasteiger partial charge in [0.1, 0.15) is 0 Å². The van der Waals surface area contributed by atoms with Crippen LogP contribution in [0.2, 0.25) is 0 Å². The first kappa shape index (κ1) is 8.02. The van der Waals surface area contributed by atoms with Crippen molar-refractivity contribution in [3.05, 3.63) is 0 Å². The van der Waals surface area contributed by atoms with Gasteiger partial charge in [-0.3, -0.25) is 0 Å². The molecule has 0 amide bonds. The Hall–Kier alpha value is -0.0800. The molecule has 60 valence electrons. The number of nitrogens with zero attached hydrogens (tertiary/aromatic N) is 1. The third kappa shape index (κ3) is 2.67. The maximum absolute atomic E-state index is 5.55. The summed E-state index contributed by atoms with van der Waals surface area (Å²) in [5.74, 6) is 0. The Balaban J connectivity index is 2.13. The maximum atomic E-state index is 5.55. The van der Waals surface area contributed by atoms with E-state index >= 15 is 0 Å². The van der Waals surface area contributed by atoms with Crippen molar-refractivity contribution >= 4 is 0 Å². The SMILES string of the molecule is CN(C)C[C@H]1CCCCO1. The molecule has 2 nitrogen and oxygen atoms in total. The summed E-state index contributed by atoms with van der Waals surface area (Å²) in [5.41, 5.74) is 0. The highest BCUT2D eigenvalue weighted by Gasteiger charge is 2.13. The van der Waals surface area contributed by atoms with E-state index < -0.39 is 0 Å². The van der Waals surface area contributed by atoms with E-state index in [1.54, 1.807) is 0 Å². The van der Waals surface area contributed by atoms with Crippen LogP contribution in [-0.2, 0) is 4.74 Å². The van der Waals surface area contributed by atoms with Gasteiger partial charge >= 0.3 is 0 Å². The monoisotopic (exact) mass is 143 g/mol. The van der Waals surface area contributed by atoms with Gasteiger partial charge in [0.05, 0.1) is 6.10 Å². The highest BCUT2D eigenvalue weighted by molar-refractivity contribution is 4.65. The number of ether oxygens (including phenoxy) is 1. The number of rotatable bonds is 2. The van der Waals surface area contributed by atoms with Gasteiger partial charge in [-0.05, 0) is 33.4 Å². The zero-order valence-electron chi connectivity index (χ0n) is 6.97. The first-order valence-electron chi connectivity index (χ1n) is 4.05. The fourth-order valence-corrected chi connectivity index (χ4v) is 1.36. The van der Waals surface area contributed by atoms with Crippen LogP contribution in [0.5, 0.6) is 0 Å². The third-order valence-electron chi connectivity index (χ3n) is 1.84. The van der Waals surface area contributed by atoms with Crippen molar-refractivity contribution < 1.29 is 4.74 Å². The van der Waals surface area contributed by atoms with Crippen molar-refractivity contribution in [2.75, 3.05) is 27.2 Å². The molecule has 2 heteroatoms. The first-order chi connectivity index (χ1) is 4.79. The minimum Gasteiger partial charge on any atom is -0.377 e. The van der Waals surface area contributed by atoms with E-state index in [-0.39, 0.29) is 0 Å². The molecule has 1 aliphatic rings. The second kappa shape index (κ2) is 3.94. The number of hydrogen-bond donors (Lipinski definition) is 0. The molecule has 0 aromatic carbocycles. The summed E-state index contributed by atoms with van der Waals surface area (Å²) in [7, 11) is 4.19. The van der Waals surface area contributed by atoms with E-state index in [2.05, 4.69) is 19.0 Å². The predicted molar refractivity (Wildman–Crippen MR) is 42.1 cm³/mol. The van der Waals surface area contributed by atoms with Crippen molar-refractivity contribution in [3.8, 4) is 0 Å². The number of likely N-dealkylation sites (N-methyl/N-ethyl adjacent to an activating group) is 1. The van der Waals surface area contributed by atoms with Crippen LogP contribution in [-0.4, -0.2) is 38.3 Å². The fourth-order valence-electron chi connectivity index (χ4n) is 1.36. The predicted octanol–water partition coefficient (Wildman–Crippen LogP) is 1.12. The van der Waals surface area contributed by atoms with Crippen molar-refractivity contribution in [1.82, 2.24) is 4.90 Å². The van der Waals surface area contributed by atoms with Crippen LogP contribution in [0.4, 0.5) is 0 Å². The van der Waals surface area contributed by atoms with Crippen LogP contribution in [0.1, 0.15) is 19.3 Å². The molecule has 1 fully saturated rings. The molecule has 1 rings (SSSR count). The molecular weight excluding hydrogens is 126 g/mol. The second-order valence-electron chi connectivity index (χ2n) is 3.25. The van der Waals surface area contributed by atoms with Gasteiger partial charge in [-0.15, -0.1) is 0 Å². The molecule has 0 radical (unpaired) electrons. The molecule has 0 saturated carbocycles. The largest absolute Gasteiger partial charge is 0.377 e. The fraction of sp³-hybridized carbons (Fsp3) is 1.00. The molecule has 0 N–H and O–H groups in total.